The van der Waals surface area contributed by atoms with E-state index in [1.807, 2.05) is 25.1 Å². The van der Waals surface area contributed by atoms with E-state index in [2.05, 4.69) is 5.32 Å². The van der Waals surface area contributed by atoms with Crippen LogP contribution >= 0.6 is 11.8 Å². The van der Waals surface area contributed by atoms with Gasteiger partial charge in [-0.05, 0) is 42.8 Å². The first-order valence-electron chi connectivity index (χ1n) is 8.14. The molecule has 6 heteroatoms. The number of nitrogens with one attached hydrogen (secondary N) is 1. The highest BCUT2D eigenvalue weighted by atomic mass is 32.2. The van der Waals surface area contributed by atoms with Crippen molar-refractivity contribution in [3.05, 3.63) is 54.1 Å². The molecule has 0 radical (unpaired) electrons. The van der Waals surface area contributed by atoms with Gasteiger partial charge in [0.1, 0.15) is 0 Å². The summed E-state index contributed by atoms with van der Waals surface area (Å²) in [6, 6.07) is 14.1. The van der Waals surface area contributed by atoms with Crippen molar-refractivity contribution in [2.45, 2.75) is 24.7 Å². The molecule has 0 saturated heterocycles. The number of nitrogens with two attached hydrogens (primary N) is 1. The Morgan fingerprint density at radius 1 is 1.12 bits per heavy atom. The molecule has 0 bridgehead atoms. The van der Waals surface area contributed by atoms with Crippen molar-refractivity contribution in [2.75, 3.05) is 23.4 Å². The largest absolute Gasteiger partial charge is 0.462 e. The third kappa shape index (κ3) is 6.15. The van der Waals surface area contributed by atoms with Crippen LogP contribution in [0.15, 0.2) is 53.4 Å². The third-order valence-corrected chi connectivity index (χ3v) is 4.50. The summed E-state index contributed by atoms with van der Waals surface area (Å²) in [5, 5.41) is 2.80. The fraction of sp³-hybridized carbons (Fsp3) is 0.263. The molecule has 0 spiro atoms. The normalized spacial score (nSPS) is 10.3. The zero-order valence-electron chi connectivity index (χ0n) is 14.2. The molecule has 0 atom stereocenters. The van der Waals surface area contributed by atoms with Gasteiger partial charge in [-0.1, -0.05) is 25.5 Å². The lowest BCUT2D eigenvalue weighted by Gasteiger charge is -2.08. The Morgan fingerprint density at radius 2 is 1.84 bits per heavy atom. The highest BCUT2D eigenvalue weighted by Crippen LogP contribution is 2.24. The predicted octanol–water partition coefficient (Wildman–Crippen LogP) is 3.96. The van der Waals surface area contributed by atoms with Crippen LogP contribution in [0, 0.1) is 0 Å². The van der Waals surface area contributed by atoms with E-state index in [0.717, 1.165) is 17.7 Å². The maximum atomic E-state index is 12.0. The molecule has 2 aromatic rings. The second-order valence-electron chi connectivity index (χ2n) is 5.44. The summed E-state index contributed by atoms with van der Waals surface area (Å²) in [6.07, 6.45) is 1.83. The molecule has 0 heterocycles. The van der Waals surface area contributed by atoms with Crippen LogP contribution in [0.1, 0.15) is 30.1 Å². The molecule has 0 aliphatic rings. The first kappa shape index (κ1) is 18.9. The summed E-state index contributed by atoms with van der Waals surface area (Å²) in [6.45, 7) is 2.46. The fourth-order valence-electron chi connectivity index (χ4n) is 2.03. The average molecular weight is 358 g/mol. The molecule has 0 aromatic heterocycles. The number of para-hydroxylation sites is 1. The van der Waals surface area contributed by atoms with Gasteiger partial charge >= 0.3 is 5.97 Å². The van der Waals surface area contributed by atoms with Crippen LogP contribution in [0.25, 0.3) is 0 Å². The van der Waals surface area contributed by atoms with Crippen molar-refractivity contribution in [3.63, 3.8) is 0 Å². The zero-order valence-corrected chi connectivity index (χ0v) is 15.0. The fourth-order valence-corrected chi connectivity index (χ4v) is 2.80. The van der Waals surface area contributed by atoms with E-state index in [1.54, 1.807) is 30.3 Å². The van der Waals surface area contributed by atoms with Crippen molar-refractivity contribution in [1.29, 1.82) is 0 Å². The molecule has 1 amide bonds. The number of hydrogen-bond acceptors (Lipinski definition) is 5. The van der Waals surface area contributed by atoms with Gasteiger partial charge in [0.2, 0.25) is 5.91 Å². The molecule has 3 N–H and O–H groups in total. The maximum Gasteiger partial charge on any atom is 0.338 e. The van der Waals surface area contributed by atoms with E-state index >= 15 is 0 Å². The minimum atomic E-state index is -0.346. The van der Waals surface area contributed by atoms with Gasteiger partial charge in [0, 0.05) is 16.3 Å². The topological polar surface area (TPSA) is 81.4 Å². The van der Waals surface area contributed by atoms with E-state index < -0.39 is 0 Å². The van der Waals surface area contributed by atoms with Crippen LogP contribution in [-0.2, 0) is 9.53 Å². The SMILES string of the molecule is CCCCOC(=O)c1ccc(NC(=O)CSc2ccccc2N)cc1. The summed E-state index contributed by atoms with van der Waals surface area (Å²) in [5.74, 6) is -0.220. The number of ether oxygens (including phenoxy) is 1. The minimum Gasteiger partial charge on any atom is -0.462 e. The van der Waals surface area contributed by atoms with Gasteiger partial charge in [-0.25, -0.2) is 4.79 Å². The summed E-state index contributed by atoms with van der Waals surface area (Å²) in [4.78, 5) is 24.7. The summed E-state index contributed by atoms with van der Waals surface area (Å²) in [7, 11) is 0. The standard InChI is InChI=1S/C19H22N2O3S/c1-2-3-12-24-19(23)14-8-10-15(11-9-14)21-18(22)13-25-17-7-5-4-6-16(17)20/h4-11H,2-3,12-13,20H2,1H3,(H,21,22). The summed E-state index contributed by atoms with van der Waals surface area (Å²) in [5.41, 5.74) is 7.62. The number of hydrogen-bond donors (Lipinski definition) is 2. The Balaban J connectivity index is 1.83. The summed E-state index contributed by atoms with van der Waals surface area (Å²) < 4.78 is 5.15. The number of benzene rings is 2. The first-order valence-corrected chi connectivity index (χ1v) is 9.13. The van der Waals surface area contributed by atoms with E-state index in [-0.39, 0.29) is 17.6 Å². The Morgan fingerprint density at radius 3 is 2.52 bits per heavy atom. The molecule has 0 aliphatic carbocycles. The Kier molecular flexibility index (Phi) is 7.35. The number of nitrogen functional groups attached to an aromatic ring is 1. The highest BCUT2D eigenvalue weighted by molar-refractivity contribution is 8.00. The smallest absolute Gasteiger partial charge is 0.338 e. The Labute approximate surface area is 151 Å². The van der Waals surface area contributed by atoms with Crippen LogP contribution in [0.3, 0.4) is 0 Å². The number of unbranched alkanes of at least 4 members (excludes halogenated alkanes) is 1. The molecular formula is C19H22N2O3S. The maximum absolute atomic E-state index is 12.0. The van der Waals surface area contributed by atoms with Crippen molar-refractivity contribution in [1.82, 2.24) is 0 Å². The quantitative estimate of drug-likeness (QED) is 0.323. The van der Waals surface area contributed by atoms with Crippen LogP contribution in [0.2, 0.25) is 0 Å². The summed E-state index contributed by atoms with van der Waals surface area (Å²) >= 11 is 1.38. The van der Waals surface area contributed by atoms with Crippen molar-refractivity contribution < 1.29 is 14.3 Å². The first-order chi connectivity index (χ1) is 12.1. The van der Waals surface area contributed by atoms with E-state index in [0.29, 0.717) is 23.5 Å². The highest BCUT2D eigenvalue weighted by Gasteiger charge is 2.08. The predicted molar refractivity (Wildman–Crippen MR) is 102 cm³/mol. The van der Waals surface area contributed by atoms with Gasteiger partial charge in [-0.3, -0.25) is 4.79 Å². The molecule has 2 rings (SSSR count). The van der Waals surface area contributed by atoms with Gasteiger partial charge < -0.3 is 15.8 Å². The van der Waals surface area contributed by atoms with Gasteiger partial charge in [-0.15, -0.1) is 11.8 Å². The lowest BCUT2D eigenvalue weighted by atomic mass is 10.2. The second kappa shape index (κ2) is 9.74. The number of amides is 1. The lowest BCUT2D eigenvalue weighted by molar-refractivity contribution is -0.113. The number of carbonyl (C=O) groups is 2. The van der Waals surface area contributed by atoms with Gasteiger partial charge in [0.25, 0.3) is 0 Å². The molecule has 0 fully saturated rings. The van der Waals surface area contributed by atoms with E-state index in [9.17, 15) is 9.59 Å². The minimum absolute atomic E-state index is 0.133. The van der Waals surface area contributed by atoms with E-state index in [1.165, 1.54) is 11.8 Å². The number of carbonyl (C=O) groups excluding carboxylic acids is 2. The number of esters is 1. The van der Waals surface area contributed by atoms with Crippen LogP contribution < -0.4 is 11.1 Å². The van der Waals surface area contributed by atoms with Crippen LogP contribution in [0.4, 0.5) is 11.4 Å². The number of rotatable bonds is 8. The third-order valence-electron chi connectivity index (χ3n) is 3.41. The monoisotopic (exact) mass is 358 g/mol. The second-order valence-corrected chi connectivity index (χ2v) is 6.46. The zero-order chi connectivity index (χ0) is 18.1. The molecular weight excluding hydrogens is 336 g/mol. The van der Waals surface area contributed by atoms with Crippen molar-refractivity contribution >= 4 is 35.0 Å². The number of thioether (sulfide) groups is 1. The van der Waals surface area contributed by atoms with Crippen molar-refractivity contribution in [2.24, 2.45) is 0 Å². The molecule has 5 nitrogen and oxygen atoms in total. The van der Waals surface area contributed by atoms with Gasteiger partial charge in [-0.2, -0.15) is 0 Å². The molecule has 0 saturated carbocycles. The van der Waals surface area contributed by atoms with Crippen molar-refractivity contribution in [3.8, 4) is 0 Å². The van der Waals surface area contributed by atoms with E-state index in [4.69, 9.17) is 10.5 Å². The Hall–Kier alpha value is -2.47. The van der Waals surface area contributed by atoms with Crippen LogP contribution in [0.5, 0.6) is 0 Å². The lowest BCUT2D eigenvalue weighted by Crippen LogP contribution is -2.14. The molecule has 25 heavy (non-hydrogen) atoms. The Bertz CT molecular complexity index is 717. The number of anilines is 2. The molecule has 0 unspecified atom stereocenters. The molecule has 0 aliphatic heterocycles. The molecule has 2 aromatic carbocycles. The average Bonchev–Trinajstić information content (AvgIpc) is 2.62. The van der Waals surface area contributed by atoms with Gasteiger partial charge in [0.05, 0.1) is 17.9 Å². The molecule has 132 valence electrons. The van der Waals surface area contributed by atoms with Crippen LogP contribution in [-0.4, -0.2) is 24.2 Å². The van der Waals surface area contributed by atoms with Gasteiger partial charge in [0.15, 0.2) is 0 Å².